The molecule has 0 aromatic heterocycles. The molecule has 0 bridgehead atoms. The van der Waals surface area contributed by atoms with E-state index in [1.54, 1.807) is 6.20 Å². The van der Waals surface area contributed by atoms with Gasteiger partial charge in [0, 0.05) is 23.1 Å². The minimum Gasteiger partial charge on any atom is -0.361 e. The minimum absolute atomic E-state index is 0.0570. The highest BCUT2D eigenvalue weighted by molar-refractivity contribution is 6.32. The van der Waals surface area contributed by atoms with E-state index in [4.69, 9.17) is 0 Å². The highest BCUT2D eigenvalue weighted by atomic mass is 16.2. The Morgan fingerprint density at radius 2 is 2.00 bits per heavy atom. The summed E-state index contributed by atoms with van der Waals surface area (Å²) in [5, 5.41) is 6.14. The molecule has 1 amide bonds. The average molecular weight is 278 g/mol. The van der Waals surface area contributed by atoms with Gasteiger partial charge in [0.15, 0.2) is 0 Å². The second-order valence-electron chi connectivity index (χ2n) is 5.21. The highest BCUT2D eigenvalue weighted by Crippen LogP contribution is 2.34. The normalized spacial score (nSPS) is 15.0. The third-order valence-electron chi connectivity index (χ3n) is 3.75. The van der Waals surface area contributed by atoms with Crippen molar-refractivity contribution in [2.45, 2.75) is 20.3 Å². The van der Waals surface area contributed by atoms with Gasteiger partial charge in [0.05, 0.1) is 5.57 Å². The van der Waals surface area contributed by atoms with Gasteiger partial charge in [0.1, 0.15) is 0 Å². The van der Waals surface area contributed by atoms with E-state index in [-0.39, 0.29) is 5.91 Å². The van der Waals surface area contributed by atoms with Crippen molar-refractivity contribution in [3.63, 3.8) is 0 Å². The molecule has 2 aromatic rings. The number of benzene rings is 2. The van der Waals surface area contributed by atoms with Crippen LogP contribution in [0.2, 0.25) is 0 Å². The van der Waals surface area contributed by atoms with Gasteiger partial charge in [-0.2, -0.15) is 0 Å². The lowest BCUT2D eigenvalue weighted by Gasteiger charge is -2.06. The molecular weight excluding hydrogens is 260 g/mol. The van der Waals surface area contributed by atoms with Gasteiger partial charge in [-0.25, -0.2) is 0 Å². The second-order valence-corrected chi connectivity index (χ2v) is 5.21. The van der Waals surface area contributed by atoms with E-state index in [9.17, 15) is 4.79 Å². The van der Waals surface area contributed by atoms with Crippen molar-refractivity contribution in [3.05, 3.63) is 65.4 Å². The number of aryl methyl sites for hydroxylation is 2. The zero-order valence-electron chi connectivity index (χ0n) is 12.2. The zero-order chi connectivity index (χ0) is 14.8. The van der Waals surface area contributed by atoms with Crippen molar-refractivity contribution < 1.29 is 4.79 Å². The lowest BCUT2D eigenvalue weighted by Crippen LogP contribution is -2.05. The molecule has 0 atom stereocenters. The topological polar surface area (TPSA) is 41.1 Å². The summed E-state index contributed by atoms with van der Waals surface area (Å²) in [7, 11) is 0. The van der Waals surface area contributed by atoms with E-state index in [2.05, 4.69) is 29.7 Å². The van der Waals surface area contributed by atoms with E-state index >= 15 is 0 Å². The van der Waals surface area contributed by atoms with Crippen molar-refractivity contribution in [3.8, 4) is 0 Å². The number of hydrogen-bond donors (Lipinski definition) is 2. The number of nitrogens with one attached hydrogen (secondary N) is 2. The zero-order valence-corrected chi connectivity index (χ0v) is 12.2. The lowest BCUT2D eigenvalue weighted by molar-refractivity contribution is -0.110. The average Bonchev–Trinajstić information content (AvgIpc) is 2.82. The van der Waals surface area contributed by atoms with Crippen LogP contribution in [0.4, 0.5) is 11.4 Å². The predicted octanol–water partition coefficient (Wildman–Crippen LogP) is 3.96. The van der Waals surface area contributed by atoms with E-state index < -0.39 is 0 Å². The molecule has 0 saturated heterocycles. The molecule has 0 spiro atoms. The number of amides is 1. The molecule has 0 radical (unpaired) electrons. The van der Waals surface area contributed by atoms with E-state index in [0.29, 0.717) is 5.57 Å². The Labute approximate surface area is 124 Å². The summed E-state index contributed by atoms with van der Waals surface area (Å²) in [4.78, 5) is 12.1. The molecule has 0 fully saturated rings. The van der Waals surface area contributed by atoms with Crippen molar-refractivity contribution in [1.82, 2.24) is 0 Å². The fourth-order valence-electron chi connectivity index (χ4n) is 2.61. The van der Waals surface area contributed by atoms with Crippen molar-refractivity contribution >= 4 is 22.9 Å². The third-order valence-corrected chi connectivity index (χ3v) is 3.75. The highest BCUT2D eigenvalue weighted by Gasteiger charge is 2.25. The first-order chi connectivity index (χ1) is 10.2. The van der Waals surface area contributed by atoms with E-state index in [1.807, 2.05) is 37.3 Å². The molecular formula is C18H18N2O. The van der Waals surface area contributed by atoms with Gasteiger partial charge in [0.2, 0.25) is 0 Å². The summed E-state index contributed by atoms with van der Waals surface area (Å²) in [5.41, 5.74) is 5.92. The quantitative estimate of drug-likeness (QED) is 0.834. The lowest BCUT2D eigenvalue weighted by atomic mass is 10.0. The number of rotatable bonds is 3. The first-order valence-corrected chi connectivity index (χ1v) is 7.16. The SMILES string of the molecule is CCc1cccc(N/C=C2/C(=O)Nc3cccc(C)c32)c1. The smallest absolute Gasteiger partial charge is 0.257 e. The summed E-state index contributed by atoms with van der Waals surface area (Å²) in [6.07, 6.45) is 2.79. The molecule has 1 heterocycles. The molecule has 0 saturated carbocycles. The Kier molecular flexibility index (Phi) is 3.48. The fourth-order valence-corrected chi connectivity index (χ4v) is 2.61. The minimum atomic E-state index is -0.0570. The second kappa shape index (κ2) is 5.44. The number of anilines is 2. The Morgan fingerprint density at radius 3 is 2.81 bits per heavy atom. The number of fused-ring (bicyclic) bond motifs is 1. The molecule has 3 nitrogen and oxygen atoms in total. The van der Waals surface area contributed by atoms with Gasteiger partial charge in [0.25, 0.3) is 5.91 Å². The number of carbonyl (C=O) groups excluding carboxylic acids is 1. The fraction of sp³-hybridized carbons (Fsp3) is 0.167. The third kappa shape index (κ3) is 2.55. The summed E-state index contributed by atoms with van der Waals surface area (Å²) in [6, 6.07) is 14.1. The predicted molar refractivity (Wildman–Crippen MR) is 87.2 cm³/mol. The Balaban J connectivity index is 1.92. The van der Waals surface area contributed by atoms with Gasteiger partial charge in [-0.3, -0.25) is 4.79 Å². The Bertz CT molecular complexity index is 732. The van der Waals surface area contributed by atoms with Crippen molar-refractivity contribution in [1.29, 1.82) is 0 Å². The molecule has 1 aliphatic rings. The first-order valence-electron chi connectivity index (χ1n) is 7.16. The molecule has 21 heavy (non-hydrogen) atoms. The van der Waals surface area contributed by atoms with Gasteiger partial charge in [-0.05, 0) is 42.7 Å². The van der Waals surface area contributed by atoms with Crippen LogP contribution in [-0.4, -0.2) is 5.91 Å². The van der Waals surface area contributed by atoms with E-state index in [0.717, 1.165) is 28.9 Å². The summed E-state index contributed by atoms with van der Waals surface area (Å²) in [5.74, 6) is -0.0570. The molecule has 3 rings (SSSR count). The Morgan fingerprint density at radius 1 is 1.19 bits per heavy atom. The molecule has 2 N–H and O–H groups in total. The van der Waals surface area contributed by atoms with Gasteiger partial charge in [-0.1, -0.05) is 31.2 Å². The number of carbonyl (C=O) groups is 1. The van der Waals surface area contributed by atoms with Gasteiger partial charge in [-0.15, -0.1) is 0 Å². The van der Waals surface area contributed by atoms with Crippen molar-refractivity contribution in [2.75, 3.05) is 10.6 Å². The standard InChI is InChI=1S/C18H18N2O/c1-3-13-7-5-8-14(10-13)19-11-15-17-12(2)6-4-9-16(17)20-18(15)21/h4-11,19H,3H2,1-2H3,(H,20,21)/b15-11+. The van der Waals surface area contributed by atoms with Crippen LogP contribution in [-0.2, 0) is 11.2 Å². The van der Waals surface area contributed by atoms with E-state index in [1.165, 1.54) is 5.56 Å². The monoisotopic (exact) mass is 278 g/mol. The maximum absolute atomic E-state index is 12.1. The van der Waals surface area contributed by atoms with Crippen LogP contribution in [0, 0.1) is 6.92 Å². The van der Waals surface area contributed by atoms with Crippen LogP contribution in [0.5, 0.6) is 0 Å². The Hall–Kier alpha value is -2.55. The summed E-state index contributed by atoms with van der Waals surface area (Å²) in [6.45, 7) is 4.15. The van der Waals surface area contributed by atoms with Crippen LogP contribution in [0.3, 0.4) is 0 Å². The number of hydrogen-bond acceptors (Lipinski definition) is 2. The molecule has 2 aromatic carbocycles. The van der Waals surface area contributed by atoms with Crippen LogP contribution >= 0.6 is 0 Å². The summed E-state index contributed by atoms with van der Waals surface area (Å²) < 4.78 is 0. The van der Waals surface area contributed by atoms with Gasteiger partial charge < -0.3 is 10.6 Å². The van der Waals surface area contributed by atoms with Crippen LogP contribution in [0.15, 0.2) is 48.7 Å². The molecule has 0 unspecified atom stereocenters. The van der Waals surface area contributed by atoms with Crippen LogP contribution in [0.1, 0.15) is 23.6 Å². The van der Waals surface area contributed by atoms with Crippen LogP contribution < -0.4 is 10.6 Å². The molecule has 0 aliphatic carbocycles. The van der Waals surface area contributed by atoms with Gasteiger partial charge >= 0.3 is 0 Å². The molecule has 106 valence electrons. The van der Waals surface area contributed by atoms with Crippen LogP contribution in [0.25, 0.3) is 5.57 Å². The first kappa shape index (κ1) is 13.4. The molecule has 3 heteroatoms. The summed E-state index contributed by atoms with van der Waals surface area (Å²) >= 11 is 0. The molecule has 1 aliphatic heterocycles. The maximum Gasteiger partial charge on any atom is 0.257 e. The largest absolute Gasteiger partial charge is 0.361 e. The van der Waals surface area contributed by atoms with Crippen molar-refractivity contribution in [2.24, 2.45) is 0 Å². The maximum atomic E-state index is 12.1.